The molecular weight excluding hydrogens is 334 g/mol. The molecule has 2 aromatic carbocycles. The summed E-state index contributed by atoms with van der Waals surface area (Å²) in [7, 11) is 3.26. The predicted octanol–water partition coefficient (Wildman–Crippen LogP) is 3.61. The fourth-order valence-corrected chi connectivity index (χ4v) is 3.22. The first-order valence-corrected chi connectivity index (χ1v) is 8.49. The van der Waals surface area contributed by atoms with Gasteiger partial charge >= 0.3 is 0 Å². The lowest BCUT2D eigenvalue weighted by Crippen LogP contribution is -2.26. The van der Waals surface area contributed by atoms with Crippen molar-refractivity contribution in [2.45, 2.75) is 19.4 Å². The highest BCUT2D eigenvalue weighted by Gasteiger charge is 2.25. The summed E-state index contributed by atoms with van der Waals surface area (Å²) in [6, 6.07) is 11.2. The van der Waals surface area contributed by atoms with Crippen LogP contribution in [0.25, 0.3) is 0 Å². The Hall–Kier alpha value is -2.96. The topological polar surface area (TPSA) is 76.9 Å². The molecule has 0 amide bonds. The van der Waals surface area contributed by atoms with Crippen LogP contribution in [0.4, 0.5) is 17.1 Å². The Morgan fingerprint density at radius 1 is 1.15 bits per heavy atom. The number of nitro groups is 1. The summed E-state index contributed by atoms with van der Waals surface area (Å²) in [6.07, 6.45) is 0.893. The number of nitrogens with zero attached hydrogens (tertiary/aromatic N) is 2. The van der Waals surface area contributed by atoms with Crippen LogP contribution < -0.4 is 19.7 Å². The third-order valence-corrected chi connectivity index (χ3v) is 4.60. The zero-order chi connectivity index (χ0) is 18.7. The van der Waals surface area contributed by atoms with E-state index in [9.17, 15) is 10.1 Å². The molecule has 7 heteroatoms. The van der Waals surface area contributed by atoms with E-state index in [1.807, 2.05) is 31.2 Å². The van der Waals surface area contributed by atoms with Gasteiger partial charge in [0.25, 0.3) is 5.69 Å². The van der Waals surface area contributed by atoms with Crippen molar-refractivity contribution in [3.05, 3.63) is 52.1 Å². The van der Waals surface area contributed by atoms with Crippen molar-refractivity contribution in [2.75, 3.05) is 37.5 Å². The molecule has 3 rings (SSSR count). The van der Waals surface area contributed by atoms with Gasteiger partial charge in [0.2, 0.25) is 0 Å². The standard InChI is InChI=1S/C19H23N3O4/c1-13-4-5-18(19(8-13)22(23)24)20-14-6-7-21(12-14)15-9-16(25-2)11-17(10-15)26-3/h4-5,8-11,14,20H,6-7,12H2,1-3H3. The molecule has 1 aliphatic heterocycles. The Labute approximate surface area is 152 Å². The van der Waals surface area contributed by atoms with Gasteiger partial charge in [-0.3, -0.25) is 10.1 Å². The first-order valence-electron chi connectivity index (χ1n) is 8.49. The maximum Gasteiger partial charge on any atom is 0.292 e. The molecule has 138 valence electrons. The van der Waals surface area contributed by atoms with Crippen LogP contribution in [0.1, 0.15) is 12.0 Å². The van der Waals surface area contributed by atoms with Crippen LogP contribution >= 0.6 is 0 Å². The number of nitro benzene ring substituents is 1. The SMILES string of the molecule is COc1cc(OC)cc(N2CCC(Nc3ccc(C)cc3[N+](=O)[O-])C2)c1. The number of hydrogen-bond acceptors (Lipinski definition) is 6. The number of anilines is 2. The molecule has 1 fully saturated rings. The van der Waals surface area contributed by atoms with E-state index < -0.39 is 0 Å². The second-order valence-electron chi connectivity index (χ2n) is 6.42. The number of hydrogen-bond donors (Lipinski definition) is 1. The molecule has 0 spiro atoms. The van der Waals surface area contributed by atoms with Gasteiger partial charge < -0.3 is 19.7 Å². The van der Waals surface area contributed by atoms with Gasteiger partial charge in [0.05, 0.1) is 19.1 Å². The molecule has 1 saturated heterocycles. The second-order valence-corrected chi connectivity index (χ2v) is 6.42. The van der Waals surface area contributed by atoms with Crippen LogP contribution in [0, 0.1) is 17.0 Å². The molecule has 0 aliphatic carbocycles. The van der Waals surface area contributed by atoms with Gasteiger partial charge in [-0.2, -0.15) is 0 Å². The molecule has 1 atom stereocenters. The maximum atomic E-state index is 11.3. The summed E-state index contributed by atoms with van der Waals surface area (Å²) in [6.45, 7) is 3.46. The largest absolute Gasteiger partial charge is 0.497 e. The Morgan fingerprint density at radius 3 is 2.46 bits per heavy atom. The average molecular weight is 357 g/mol. The molecule has 26 heavy (non-hydrogen) atoms. The van der Waals surface area contributed by atoms with Crippen LogP contribution in [-0.4, -0.2) is 38.3 Å². The van der Waals surface area contributed by atoms with Crippen LogP contribution in [0.2, 0.25) is 0 Å². The normalized spacial score (nSPS) is 16.4. The molecule has 2 aromatic rings. The Kier molecular flexibility index (Phi) is 5.16. The first-order chi connectivity index (χ1) is 12.5. The fraction of sp³-hybridized carbons (Fsp3) is 0.368. The van der Waals surface area contributed by atoms with Gasteiger partial charge in [-0.1, -0.05) is 6.07 Å². The highest BCUT2D eigenvalue weighted by molar-refractivity contribution is 5.64. The summed E-state index contributed by atoms with van der Waals surface area (Å²) in [5, 5.41) is 14.6. The summed E-state index contributed by atoms with van der Waals surface area (Å²) in [5.41, 5.74) is 2.57. The van der Waals surface area contributed by atoms with Crippen molar-refractivity contribution in [3.63, 3.8) is 0 Å². The molecule has 1 heterocycles. The lowest BCUT2D eigenvalue weighted by Gasteiger charge is -2.21. The van der Waals surface area contributed by atoms with Crippen molar-refractivity contribution in [1.82, 2.24) is 0 Å². The minimum atomic E-state index is -0.338. The van der Waals surface area contributed by atoms with Crippen molar-refractivity contribution < 1.29 is 14.4 Å². The molecule has 0 saturated carbocycles. The molecule has 0 bridgehead atoms. The molecule has 7 nitrogen and oxygen atoms in total. The van der Waals surface area contributed by atoms with Crippen molar-refractivity contribution in [2.24, 2.45) is 0 Å². The number of aryl methyl sites for hydroxylation is 1. The third kappa shape index (κ3) is 3.82. The predicted molar refractivity (Wildman–Crippen MR) is 102 cm³/mol. The van der Waals surface area contributed by atoms with Crippen LogP contribution in [0.5, 0.6) is 11.5 Å². The number of nitrogens with one attached hydrogen (secondary N) is 1. The molecule has 1 unspecified atom stereocenters. The Morgan fingerprint density at radius 2 is 1.85 bits per heavy atom. The van der Waals surface area contributed by atoms with Gasteiger partial charge in [-0.25, -0.2) is 0 Å². The summed E-state index contributed by atoms with van der Waals surface area (Å²) in [5.74, 6) is 1.48. The number of methoxy groups -OCH3 is 2. The molecule has 0 aromatic heterocycles. The van der Waals surface area contributed by atoms with Gasteiger partial charge in [-0.15, -0.1) is 0 Å². The monoisotopic (exact) mass is 357 g/mol. The Bertz CT molecular complexity index is 787. The highest BCUT2D eigenvalue weighted by Crippen LogP contribution is 2.32. The maximum absolute atomic E-state index is 11.3. The van der Waals surface area contributed by atoms with Crippen LogP contribution in [0.15, 0.2) is 36.4 Å². The van der Waals surface area contributed by atoms with E-state index in [2.05, 4.69) is 10.2 Å². The number of rotatable bonds is 6. The van der Waals surface area contributed by atoms with E-state index in [0.717, 1.165) is 42.3 Å². The second kappa shape index (κ2) is 7.51. The quantitative estimate of drug-likeness (QED) is 0.629. The average Bonchev–Trinajstić information content (AvgIpc) is 3.11. The van der Waals surface area contributed by atoms with E-state index in [0.29, 0.717) is 5.69 Å². The van der Waals surface area contributed by atoms with Gasteiger partial charge in [-0.05, 0) is 25.0 Å². The minimum Gasteiger partial charge on any atom is -0.497 e. The third-order valence-electron chi connectivity index (χ3n) is 4.60. The lowest BCUT2D eigenvalue weighted by molar-refractivity contribution is -0.384. The summed E-state index contributed by atoms with van der Waals surface area (Å²) >= 11 is 0. The smallest absolute Gasteiger partial charge is 0.292 e. The van der Waals surface area contributed by atoms with Gasteiger partial charge in [0, 0.05) is 49.1 Å². The van der Waals surface area contributed by atoms with Crippen molar-refractivity contribution in [1.29, 1.82) is 0 Å². The van der Waals surface area contributed by atoms with Crippen molar-refractivity contribution >= 4 is 17.1 Å². The van der Waals surface area contributed by atoms with E-state index in [1.54, 1.807) is 26.4 Å². The first kappa shape index (κ1) is 17.8. The molecule has 1 N–H and O–H groups in total. The number of ether oxygens (including phenoxy) is 2. The number of benzene rings is 2. The Balaban J connectivity index is 1.75. The van der Waals surface area contributed by atoms with Gasteiger partial charge in [0.1, 0.15) is 17.2 Å². The zero-order valence-corrected chi connectivity index (χ0v) is 15.2. The summed E-state index contributed by atoms with van der Waals surface area (Å²) < 4.78 is 10.7. The van der Waals surface area contributed by atoms with E-state index in [4.69, 9.17) is 9.47 Å². The fourth-order valence-electron chi connectivity index (χ4n) is 3.22. The summed E-state index contributed by atoms with van der Waals surface area (Å²) in [4.78, 5) is 13.2. The lowest BCUT2D eigenvalue weighted by atomic mass is 10.1. The molecule has 1 aliphatic rings. The zero-order valence-electron chi connectivity index (χ0n) is 15.2. The van der Waals surface area contributed by atoms with E-state index in [1.165, 1.54) is 0 Å². The van der Waals surface area contributed by atoms with Crippen molar-refractivity contribution in [3.8, 4) is 11.5 Å². The molecule has 0 radical (unpaired) electrons. The van der Waals surface area contributed by atoms with E-state index >= 15 is 0 Å². The van der Waals surface area contributed by atoms with Crippen LogP contribution in [-0.2, 0) is 0 Å². The van der Waals surface area contributed by atoms with Gasteiger partial charge in [0.15, 0.2) is 0 Å². The van der Waals surface area contributed by atoms with Crippen LogP contribution in [0.3, 0.4) is 0 Å². The highest BCUT2D eigenvalue weighted by atomic mass is 16.6. The molecular formula is C19H23N3O4. The van der Waals surface area contributed by atoms with E-state index in [-0.39, 0.29) is 16.7 Å². The minimum absolute atomic E-state index is 0.117.